The Morgan fingerprint density at radius 1 is 1.00 bits per heavy atom. The summed E-state index contributed by atoms with van der Waals surface area (Å²) in [5.41, 5.74) is 3.98. The Balaban J connectivity index is 1.86. The number of benzene rings is 2. The van der Waals surface area contributed by atoms with E-state index in [9.17, 15) is 9.59 Å². The van der Waals surface area contributed by atoms with E-state index in [1.54, 1.807) is 35.1 Å². The molecule has 0 saturated carbocycles. The van der Waals surface area contributed by atoms with E-state index in [1.165, 1.54) is 0 Å². The number of hydrogen-bond donors (Lipinski definition) is 0. The van der Waals surface area contributed by atoms with Crippen molar-refractivity contribution in [2.24, 2.45) is 7.05 Å². The van der Waals surface area contributed by atoms with Crippen LogP contribution in [0.5, 0.6) is 0 Å². The van der Waals surface area contributed by atoms with Crippen molar-refractivity contribution in [3.63, 3.8) is 0 Å². The molecule has 1 amide bonds. The average molecular weight is 323 g/mol. The Morgan fingerprint density at radius 2 is 1.58 bits per heavy atom. The van der Waals surface area contributed by atoms with Crippen LogP contribution in [0.1, 0.15) is 18.1 Å². The van der Waals surface area contributed by atoms with Gasteiger partial charge in [-0.15, -0.1) is 0 Å². The molecule has 24 heavy (non-hydrogen) atoms. The highest BCUT2D eigenvalue weighted by atomic mass is 16.2. The first kappa shape index (κ1) is 16.1. The number of hydrogen-bond acceptors (Lipinski definition) is 2. The molecule has 0 aliphatic heterocycles. The molecule has 0 fully saturated rings. The van der Waals surface area contributed by atoms with E-state index >= 15 is 0 Å². The predicted octanol–water partition coefficient (Wildman–Crippen LogP) is 2.37. The van der Waals surface area contributed by atoms with Gasteiger partial charge in [-0.05, 0) is 23.3 Å². The van der Waals surface area contributed by atoms with Crippen molar-refractivity contribution in [2.45, 2.75) is 20.0 Å². The number of fused-ring (bicyclic) bond motifs is 1. The zero-order chi connectivity index (χ0) is 17.3. The number of imidazole rings is 1. The fourth-order valence-corrected chi connectivity index (χ4v) is 2.83. The van der Waals surface area contributed by atoms with E-state index in [0.717, 1.165) is 22.2 Å². The van der Waals surface area contributed by atoms with Gasteiger partial charge in [0.05, 0.1) is 17.6 Å². The van der Waals surface area contributed by atoms with Crippen LogP contribution in [0, 0.1) is 0 Å². The van der Waals surface area contributed by atoms with Crippen molar-refractivity contribution < 1.29 is 4.79 Å². The Bertz CT molecular complexity index is 935. The van der Waals surface area contributed by atoms with Gasteiger partial charge >= 0.3 is 5.69 Å². The number of rotatable bonds is 4. The first-order valence-electron chi connectivity index (χ1n) is 7.91. The lowest BCUT2D eigenvalue weighted by atomic mass is 10.1. The van der Waals surface area contributed by atoms with E-state index in [-0.39, 0.29) is 11.6 Å². The second-order valence-electron chi connectivity index (χ2n) is 6.11. The Hall–Kier alpha value is -2.82. The van der Waals surface area contributed by atoms with Crippen molar-refractivity contribution in [1.29, 1.82) is 0 Å². The highest BCUT2D eigenvalue weighted by Gasteiger charge is 2.10. The summed E-state index contributed by atoms with van der Waals surface area (Å²) >= 11 is 0. The van der Waals surface area contributed by atoms with Gasteiger partial charge in [0.2, 0.25) is 5.91 Å². The summed E-state index contributed by atoms with van der Waals surface area (Å²) in [7, 11) is 3.58. The van der Waals surface area contributed by atoms with Gasteiger partial charge < -0.3 is 4.90 Å². The van der Waals surface area contributed by atoms with Gasteiger partial charge in [-0.25, -0.2) is 4.79 Å². The molecule has 2 aromatic carbocycles. The van der Waals surface area contributed by atoms with Gasteiger partial charge in [0, 0.05) is 27.6 Å². The Kier molecular flexibility index (Phi) is 4.25. The second kappa shape index (κ2) is 6.35. The Morgan fingerprint density at radius 3 is 2.21 bits per heavy atom. The van der Waals surface area contributed by atoms with E-state index in [0.29, 0.717) is 13.1 Å². The summed E-state index contributed by atoms with van der Waals surface area (Å²) in [6, 6.07) is 15.8. The average Bonchev–Trinajstić information content (AvgIpc) is 2.82. The minimum absolute atomic E-state index is 0.0170. The molecular weight excluding hydrogens is 302 g/mol. The number of nitrogens with zero attached hydrogens (tertiary/aromatic N) is 3. The summed E-state index contributed by atoms with van der Waals surface area (Å²) in [6.45, 7) is 2.67. The van der Waals surface area contributed by atoms with Gasteiger partial charge in [0.15, 0.2) is 0 Å². The van der Waals surface area contributed by atoms with Crippen LogP contribution in [0.25, 0.3) is 11.0 Å². The molecule has 0 N–H and O–H groups in total. The van der Waals surface area contributed by atoms with Crippen molar-refractivity contribution in [3.05, 3.63) is 70.1 Å². The molecule has 0 spiro atoms. The fourth-order valence-electron chi connectivity index (χ4n) is 2.83. The fraction of sp³-hybridized carbons (Fsp3) is 0.263. The number of carbonyl (C=O) groups is 1. The van der Waals surface area contributed by atoms with E-state index in [1.807, 2.05) is 48.5 Å². The number of para-hydroxylation sites is 2. The quantitative estimate of drug-likeness (QED) is 0.740. The molecule has 1 heterocycles. The van der Waals surface area contributed by atoms with Gasteiger partial charge in [0.1, 0.15) is 0 Å². The zero-order valence-corrected chi connectivity index (χ0v) is 14.2. The molecule has 0 bridgehead atoms. The molecule has 3 rings (SSSR count). The molecule has 124 valence electrons. The van der Waals surface area contributed by atoms with E-state index < -0.39 is 0 Å². The summed E-state index contributed by atoms with van der Waals surface area (Å²) in [6.07, 6.45) is 0. The molecular formula is C19H21N3O2. The van der Waals surface area contributed by atoms with Crippen molar-refractivity contribution in [1.82, 2.24) is 14.0 Å². The molecule has 0 aliphatic carbocycles. The third kappa shape index (κ3) is 2.97. The molecule has 0 aliphatic rings. The lowest BCUT2D eigenvalue weighted by molar-refractivity contribution is -0.128. The van der Waals surface area contributed by atoms with Crippen molar-refractivity contribution in [3.8, 4) is 0 Å². The first-order chi connectivity index (χ1) is 11.5. The largest absolute Gasteiger partial charge is 0.342 e. The number of carbonyl (C=O) groups excluding carboxylic acids is 1. The van der Waals surface area contributed by atoms with Crippen LogP contribution in [0.2, 0.25) is 0 Å². The smallest absolute Gasteiger partial charge is 0.329 e. The third-order valence-corrected chi connectivity index (χ3v) is 4.37. The van der Waals surface area contributed by atoms with Crippen molar-refractivity contribution in [2.75, 3.05) is 7.05 Å². The first-order valence-corrected chi connectivity index (χ1v) is 7.91. The molecule has 3 aromatic rings. The summed E-state index contributed by atoms with van der Waals surface area (Å²) in [5, 5.41) is 0. The standard InChI is InChI=1S/C19H21N3O2/c1-14(23)20(2)12-15-8-10-16(11-9-15)13-22-18-7-5-4-6-17(18)21(3)19(22)24/h4-11H,12-13H2,1-3H3. The maximum absolute atomic E-state index is 12.5. The van der Waals surface area contributed by atoms with Gasteiger partial charge in [-0.1, -0.05) is 36.4 Å². The highest BCUT2D eigenvalue weighted by Crippen LogP contribution is 2.14. The molecule has 0 saturated heterocycles. The van der Waals surface area contributed by atoms with Crippen LogP contribution < -0.4 is 5.69 Å². The maximum atomic E-state index is 12.5. The minimum atomic E-state index is -0.0170. The normalized spacial score (nSPS) is 11.0. The third-order valence-electron chi connectivity index (χ3n) is 4.37. The van der Waals surface area contributed by atoms with E-state index in [2.05, 4.69) is 0 Å². The lowest BCUT2D eigenvalue weighted by Crippen LogP contribution is -2.23. The van der Waals surface area contributed by atoms with Crippen LogP contribution in [0.4, 0.5) is 0 Å². The summed E-state index contributed by atoms with van der Waals surface area (Å²) in [4.78, 5) is 25.4. The number of aryl methyl sites for hydroxylation is 1. The lowest BCUT2D eigenvalue weighted by Gasteiger charge is -2.15. The number of aromatic nitrogens is 2. The molecule has 0 atom stereocenters. The monoisotopic (exact) mass is 323 g/mol. The minimum Gasteiger partial charge on any atom is -0.342 e. The number of amides is 1. The van der Waals surface area contributed by atoms with Gasteiger partial charge in [-0.3, -0.25) is 13.9 Å². The summed E-state index contributed by atoms with van der Waals surface area (Å²) in [5.74, 6) is 0.0429. The second-order valence-corrected chi connectivity index (χ2v) is 6.11. The zero-order valence-electron chi connectivity index (χ0n) is 14.2. The highest BCUT2D eigenvalue weighted by molar-refractivity contribution is 5.76. The topological polar surface area (TPSA) is 47.2 Å². The molecule has 0 radical (unpaired) electrons. The molecule has 5 nitrogen and oxygen atoms in total. The van der Waals surface area contributed by atoms with Crippen LogP contribution in [0.3, 0.4) is 0 Å². The summed E-state index contributed by atoms with van der Waals surface area (Å²) < 4.78 is 3.46. The van der Waals surface area contributed by atoms with Crippen molar-refractivity contribution >= 4 is 16.9 Å². The SMILES string of the molecule is CC(=O)N(C)Cc1ccc(Cn2c(=O)n(C)c3ccccc32)cc1. The van der Waals surface area contributed by atoms with Gasteiger partial charge in [0.25, 0.3) is 0 Å². The Labute approximate surface area is 140 Å². The maximum Gasteiger partial charge on any atom is 0.329 e. The van der Waals surface area contributed by atoms with E-state index in [4.69, 9.17) is 0 Å². The van der Waals surface area contributed by atoms with Crippen LogP contribution in [-0.2, 0) is 24.9 Å². The predicted molar refractivity (Wildman–Crippen MR) is 94.9 cm³/mol. The van der Waals surface area contributed by atoms with Crippen LogP contribution in [0.15, 0.2) is 53.3 Å². The van der Waals surface area contributed by atoms with Gasteiger partial charge in [-0.2, -0.15) is 0 Å². The van der Waals surface area contributed by atoms with Crippen LogP contribution >= 0.6 is 0 Å². The van der Waals surface area contributed by atoms with Crippen LogP contribution in [-0.4, -0.2) is 27.0 Å². The molecule has 1 aromatic heterocycles. The molecule has 0 unspecified atom stereocenters. The molecule has 5 heteroatoms.